The van der Waals surface area contributed by atoms with Crippen LogP contribution in [0, 0.1) is 0 Å². The van der Waals surface area contributed by atoms with Crippen LogP contribution in [0.2, 0.25) is 0 Å². The Morgan fingerprint density at radius 2 is 2.22 bits per heavy atom. The SMILES string of the molecule is CCCCCC[C@H](C)NC(=O)[C@@H]1CCCC(=O)N1. The number of carbonyl (C=O) groups is 2. The van der Waals surface area contributed by atoms with Crippen molar-refractivity contribution in [2.75, 3.05) is 0 Å². The van der Waals surface area contributed by atoms with Gasteiger partial charge in [0, 0.05) is 12.5 Å². The van der Waals surface area contributed by atoms with Gasteiger partial charge in [0.2, 0.25) is 11.8 Å². The molecule has 4 nitrogen and oxygen atoms in total. The Balaban J connectivity index is 2.19. The molecule has 1 aliphatic heterocycles. The van der Waals surface area contributed by atoms with E-state index in [0.717, 1.165) is 25.7 Å². The highest BCUT2D eigenvalue weighted by atomic mass is 16.2. The van der Waals surface area contributed by atoms with E-state index in [1.807, 2.05) is 6.92 Å². The largest absolute Gasteiger partial charge is 0.352 e. The van der Waals surface area contributed by atoms with Gasteiger partial charge in [0.05, 0.1) is 0 Å². The maximum atomic E-state index is 11.9. The second-order valence-electron chi connectivity index (χ2n) is 5.27. The molecule has 0 spiro atoms. The van der Waals surface area contributed by atoms with E-state index in [9.17, 15) is 9.59 Å². The van der Waals surface area contributed by atoms with Gasteiger partial charge in [-0.15, -0.1) is 0 Å². The molecule has 4 heteroatoms. The van der Waals surface area contributed by atoms with Gasteiger partial charge in [-0.1, -0.05) is 32.6 Å². The fourth-order valence-electron chi connectivity index (χ4n) is 2.29. The normalized spacial score (nSPS) is 21.2. The molecule has 0 unspecified atom stereocenters. The third-order valence-electron chi connectivity index (χ3n) is 3.43. The van der Waals surface area contributed by atoms with Crippen LogP contribution in [0.3, 0.4) is 0 Å². The van der Waals surface area contributed by atoms with E-state index in [4.69, 9.17) is 0 Å². The predicted octanol–water partition coefficient (Wildman–Crippen LogP) is 2.13. The Kier molecular flexibility index (Phi) is 6.76. The zero-order valence-corrected chi connectivity index (χ0v) is 11.6. The molecule has 2 amide bonds. The summed E-state index contributed by atoms with van der Waals surface area (Å²) >= 11 is 0. The summed E-state index contributed by atoms with van der Waals surface area (Å²) in [6.45, 7) is 4.23. The third-order valence-corrected chi connectivity index (χ3v) is 3.43. The van der Waals surface area contributed by atoms with Crippen molar-refractivity contribution in [2.24, 2.45) is 0 Å². The minimum atomic E-state index is -0.315. The molecule has 0 aromatic rings. The van der Waals surface area contributed by atoms with E-state index in [0.29, 0.717) is 6.42 Å². The standard InChI is InChI=1S/C14H26N2O2/c1-3-4-5-6-8-11(2)15-14(18)12-9-7-10-13(17)16-12/h11-12H,3-10H2,1-2H3,(H,15,18)(H,16,17)/t11-,12-/m0/s1. The van der Waals surface area contributed by atoms with Crippen molar-refractivity contribution in [1.29, 1.82) is 0 Å². The van der Waals surface area contributed by atoms with Gasteiger partial charge >= 0.3 is 0 Å². The van der Waals surface area contributed by atoms with Crippen molar-refractivity contribution in [3.8, 4) is 0 Å². The van der Waals surface area contributed by atoms with Crippen molar-refractivity contribution in [1.82, 2.24) is 10.6 Å². The highest BCUT2D eigenvalue weighted by Crippen LogP contribution is 2.09. The van der Waals surface area contributed by atoms with E-state index in [1.165, 1.54) is 19.3 Å². The molecule has 0 aliphatic carbocycles. The second-order valence-corrected chi connectivity index (χ2v) is 5.27. The van der Waals surface area contributed by atoms with Gasteiger partial charge < -0.3 is 10.6 Å². The average molecular weight is 254 g/mol. The Morgan fingerprint density at radius 1 is 1.44 bits per heavy atom. The Bertz CT molecular complexity index is 279. The molecular weight excluding hydrogens is 228 g/mol. The number of carbonyl (C=O) groups excluding carboxylic acids is 2. The number of amides is 2. The second kappa shape index (κ2) is 8.11. The summed E-state index contributed by atoms with van der Waals surface area (Å²) in [5.41, 5.74) is 0. The minimum Gasteiger partial charge on any atom is -0.352 e. The molecule has 0 bridgehead atoms. The fraction of sp³-hybridized carbons (Fsp3) is 0.857. The third kappa shape index (κ3) is 5.52. The Labute approximate surface area is 110 Å². The lowest BCUT2D eigenvalue weighted by Gasteiger charge is -2.24. The Hall–Kier alpha value is -1.06. The summed E-state index contributed by atoms with van der Waals surface area (Å²) in [4.78, 5) is 23.1. The molecular formula is C14H26N2O2. The summed E-state index contributed by atoms with van der Waals surface area (Å²) in [6.07, 6.45) is 8.04. The molecule has 2 atom stereocenters. The highest BCUT2D eigenvalue weighted by Gasteiger charge is 2.25. The highest BCUT2D eigenvalue weighted by molar-refractivity contribution is 5.88. The zero-order valence-electron chi connectivity index (χ0n) is 11.6. The summed E-state index contributed by atoms with van der Waals surface area (Å²) < 4.78 is 0. The lowest BCUT2D eigenvalue weighted by Crippen LogP contribution is -2.50. The number of piperidine rings is 1. The van der Waals surface area contributed by atoms with Gasteiger partial charge in [-0.3, -0.25) is 9.59 Å². The van der Waals surface area contributed by atoms with Gasteiger partial charge in [0.1, 0.15) is 6.04 Å². The number of rotatable bonds is 7. The van der Waals surface area contributed by atoms with Crippen LogP contribution in [0.25, 0.3) is 0 Å². The van der Waals surface area contributed by atoms with Gasteiger partial charge in [-0.05, 0) is 26.2 Å². The van der Waals surface area contributed by atoms with Crippen LogP contribution in [-0.4, -0.2) is 23.9 Å². The number of hydrogen-bond donors (Lipinski definition) is 2. The maximum absolute atomic E-state index is 11.9. The zero-order chi connectivity index (χ0) is 13.4. The molecule has 0 aromatic heterocycles. The predicted molar refractivity (Wildman–Crippen MR) is 72.1 cm³/mol. The average Bonchev–Trinajstić information content (AvgIpc) is 2.34. The van der Waals surface area contributed by atoms with Crippen LogP contribution >= 0.6 is 0 Å². The van der Waals surface area contributed by atoms with Crippen LogP contribution in [0.5, 0.6) is 0 Å². The van der Waals surface area contributed by atoms with E-state index in [-0.39, 0.29) is 23.9 Å². The molecule has 1 heterocycles. The molecule has 1 rings (SSSR count). The number of unbranched alkanes of at least 4 members (excludes halogenated alkanes) is 3. The summed E-state index contributed by atoms with van der Waals surface area (Å²) in [5.74, 6) is -0.0250. The molecule has 0 radical (unpaired) electrons. The van der Waals surface area contributed by atoms with Crippen LogP contribution < -0.4 is 10.6 Å². The molecule has 0 saturated carbocycles. The molecule has 18 heavy (non-hydrogen) atoms. The van der Waals surface area contributed by atoms with Crippen molar-refractivity contribution in [2.45, 2.75) is 77.3 Å². The first kappa shape index (κ1) is 15.0. The summed E-state index contributed by atoms with van der Waals surface area (Å²) in [5, 5.41) is 5.74. The van der Waals surface area contributed by atoms with Crippen molar-refractivity contribution in [3.63, 3.8) is 0 Å². The number of nitrogens with one attached hydrogen (secondary N) is 2. The van der Waals surface area contributed by atoms with Crippen LogP contribution in [-0.2, 0) is 9.59 Å². The van der Waals surface area contributed by atoms with Crippen molar-refractivity contribution < 1.29 is 9.59 Å². The van der Waals surface area contributed by atoms with Crippen LogP contribution in [0.1, 0.15) is 65.2 Å². The smallest absolute Gasteiger partial charge is 0.242 e. The first-order valence-corrected chi connectivity index (χ1v) is 7.23. The van der Waals surface area contributed by atoms with Gasteiger partial charge in [-0.25, -0.2) is 0 Å². The quantitative estimate of drug-likeness (QED) is 0.684. The summed E-state index contributed by atoms with van der Waals surface area (Å²) in [7, 11) is 0. The topological polar surface area (TPSA) is 58.2 Å². The van der Waals surface area contributed by atoms with Crippen LogP contribution in [0.4, 0.5) is 0 Å². The van der Waals surface area contributed by atoms with E-state index in [2.05, 4.69) is 17.6 Å². The van der Waals surface area contributed by atoms with Gasteiger partial charge in [-0.2, -0.15) is 0 Å². The molecule has 1 fully saturated rings. The van der Waals surface area contributed by atoms with E-state index >= 15 is 0 Å². The molecule has 104 valence electrons. The first-order valence-electron chi connectivity index (χ1n) is 7.23. The lowest BCUT2D eigenvalue weighted by atomic mass is 10.0. The van der Waals surface area contributed by atoms with E-state index in [1.54, 1.807) is 0 Å². The molecule has 1 aliphatic rings. The van der Waals surface area contributed by atoms with Crippen LogP contribution in [0.15, 0.2) is 0 Å². The molecule has 0 aromatic carbocycles. The maximum Gasteiger partial charge on any atom is 0.242 e. The monoisotopic (exact) mass is 254 g/mol. The molecule has 2 N–H and O–H groups in total. The lowest BCUT2D eigenvalue weighted by molar-refractivity contribution is -0.131. The van der Waals surface area contributed by atoms with E-state index < -0.39 is 0 Å². The van der Waals surface area contributed by atoms with Gasteiger partial charge in [0.15, 0.2) is 0 Å². The Morgan fingerprint density at radius 3 is 2.89 bits per heavy atom. The van der Waals surface area contributed by atoms with Crippen molar-refractivity contribution in [3.05, 3.63) is 0 Å². The summed E-state index contributed by atoms with van der Waals surface area (Å²) in [6, 6.07) is -0.113. The minimum absolute atomic E-state index is 0.00278. The fourth-order valence-corrected chi connectivity index (χ4v) is 2.29. The molecule has 1 saturated heterocycles. The van der Waals surface area contributed by atoms with Crippen molar-refractivity contribution >= 4 is 11.8 Å². The first-order chi connectivity index (χ1) is 8.63. The number of hydrogen-bond acceptors (Lipinski definition) is 2. The van der Waals surface area contributed by atoms with Gasteiger partial charge in [0.25, 0.3) is 0 Å².